The number of nitrogens with zero attached hydrogens (tertiary/aromatic N) is 6. The van der Waals surface area contributed by atoms with E-state index in [-0.39, 0.29) is 11.9 Å². The molecule has 1 saturated heterocycles. The van der Waals surface area contributed by atoms with Crippen LogP contribution in [0.15, 0.2) is 24.5 Å². The first-order valence-corrected chi connectivity index (χ1v) is 12.4. The molecule has 0 radical (unpaired) electrons. The molecular weight excluding hydrogens is 452 g/mol. The zero-order chi connectivity index (χ0) is 23.4. The van der Waals surface area contributed by atoms with Gasteiger partial charge in [0.2, 0.25) is 5.91 Å². The predicted molar refractivity (Wildman–Crippen MR) is 130 cm³/mol. The summed E-state index contributed by atoms with van der Waals surface area (Å²) >= 11 is 6.82. The van der Waals surface area contributed by atoms with Crippen LogP contribution in [0.2, 0.25) is 5.02 Å². The number of anilines is 2. The minimum Gasteiger partial charge on any atom is -0.379 e. The van der Waals surface area contributed by atoms with Gasteiger partial charge in [-0.3, -0.25) is 14.2 Å². The van der Waals surface area contributed by atoms with Gasteiger partial charge in [-0.1, -0.05) is 11.6 Å². The Balaban J connectivity index is 1.44. The Morgan fingerprint density at radius 1 is 1.24 bits per heavy atom. The summed E-state index contributed by atoms with van der Waals surface area (Å²) in [5.41, 5.74) is 6.81. The van der Waals surface area contributed by atoms with Crippen molar-refractivity contribution in [2.24, 2.45) is 7.05 Å². The van der Waals surface area contributed by atoms with Gasteiger partial charge in [-0.15, -0.1) is 0 Å². The second kappa shape index (κ2) is 8.43. The number of halogens is 1. The molecule has 1 atom stereocenters. The van der Waals surface area contributed by atoms with Crippen molar-refractivity contribution in [2.45, 2.75) is 45.2 Å². The highest BCUT2D eigenvalue weighted by Crippen LogP contribution is 2.42. The largest absolute Gasteiger partial charge is 0.379 e. The maximum absolute atomic E-state index is 12.2. The zero-order valence-corrected chi connectivity index (χ0v) is 20.4. The molecule has 0 saturated carbocycles. The van der Waals surface area contributed by atoms with Gasteiger partial charge in [0.05, 0.1) is 30.4 Å². The molecule has 0 spiro atoms. The van der Waals surface area contributed by atoms with E-state index in [1.54, 1.807) is 11.6 Å². The van der Waals surface area contributed by atoms with E-state index in [4.69, 9.17) is 21.4 Å². The Morgan fingerprint density at radius 2 is 2.12 bits per heavy atom. The monoisotopic (exact) mass is 480 g/mol. The quantitative estimate of drug-likeness (QED) is 0.569. The minimum atomic E-state index is 0.108. The van der Waals surface area contributed by atoms with Crippen LogP contribution in [-0.2, 0) is 36.0 Å². The van der Waals surface area contributed by atoms with E-state index in [1.807, 2.05) is 24.3 Å². The summed E-state index contributed by atoms with van der Waals surface area (Å²) in [6.45, 7) is 5.32. The van der Waals surface area contributed by atoms with E-state index in [1.165, 1.54) is 11.3 Å². The molecule has 0 aliphatic carbocycles. The molecule has 6 rings (SSSR count). The summed E-state index contributed by atoms with van der Waals surface area (Å²) in [5.74, 6) is 1.07. The molecular formula is C25H29ClN6O2. The van der Waals surface area contributed by atoms with Gasteiger partial charge in [0.25, 0.3) is 0 Å². The van der Waals surface area contributed by atoms with Crippen molar-refractivity contribution >= 4 is 29.0 Å². The maximum atomic E-state index is 12.2. The summed E-state index contributed by atoms with van der Waals surface area (Å²) < 4.78 is 9.67. The predicted octanol–water partition coefficient (Wildman–Crippen LogP) is 3.89. The lowest BCUT2D eigenvalue weighted by molar-refractivity contribution is -0.129. The SMILES string of the molecule is CC(=O)N1CCc2c(c(N3CCCc4cc(-c5cnn(C)c5)c(Cl)cc43)nn2[C@H]2CCOC2)C1. The first kappa shape index (κ1) is 21.7. The van der Waals surface area contributed by atoms with Crippen LogP contribution in [0.1, 0.15) is 42.6 Å². The summed E-state index contributed by atoms with van der Waals surface area (Å²) in [7, 11) is 1.91. The van der Waals surface area contributed by atoms with Crippen LogP contribution >= 0.6 is 11.6 Å². The average Bonchev–Trinajstić information content (AvgIpc) is 3.57. The molecule has 2 aromatic heterocycles. The molecule has 5 heterocycles. The van der Waals surface area contributed by atoms with Gasteiger partial charge >= 0.3 is 0 Å². The van der Waals surface area contributed by atoms with Crippen molar-refractivity contribution in [1.82, 2.24) is 24.5 Å². The first-order valence-electron chi connectivity index (χ1n) is 12.0. The number of amides is 1. The fourth-order valence-electron chi connectivity index (χ4n) is 5.54. The van der Waals surface area contributed by atoms with Crippen molar-refractivity contribution < 1.29 is 9.53 Å². The van der Waals surface area contributed by atoms with E-state index in [2.05, 4.69) is 26.8 Å². The van der Waals surface area contributed by atoms with Gasteiger partial charge < -0.3 is 14.5 Å². The molecule has 178 valence electrons. The number of benzene rings is 1. The summed E-state index contributed by atoms with van der Waals surface area (Å²) in [4.78, 5) is 16.5. The standard InChI is InChI=1S/C25H29ClN6O2/c1-16(33)30-8-5-23-21(14-30)25(28-32(23)19-6-9-34-15-19)31-7-3-4-17-10-20(22(26)11-24(17)31)18-12-27-29(2)13-18/h10-13,19H,3-9,14-15H2,1-2H3/t19-/m0/s1. The highest BCUT2D eigenvalue weighted by Gasteiger charge is 2.34. The molecule has 0 N–H and O–H groups in total. The average molecular weight is 481 g/mol. The highest BCUT2D eigenvalue weighted by molar-refractivity contribution is 6.33. The smallest absolute Gasteiger partial charge is 0.219 e. The lowest BCUT2D eigenvalue weighted by atomic mass is 9.96. The van der Waals surface area contributed by atoms with Crippen molar-refractivity contribution in [1.29, 1.82) is 0 Å². The minimum absolute atomic E-state index is 0.108. The fraction of sp³-hybridized carbons (Fsp3) is 0.480. The van der Waals surface area contributed by atoms with Crippen molar-refractivity contribution in [3.63, 3.8) is 0 Å². The number of aromatic nitrogens is 4. The fourth-order valence-corrected chi connectivity index (χ4v) is 5.81. The Labute approximate surface area is 204 Å². The van der Waals surface area contributed by atoms with Gasteiger partial charge in [-0.25, -0.2) is 0 Å². The van der Waals surface area contributed by atoms with Crippen LogP contribution in [0.3, 0.4) is 0 Å². The Bertz CT molecular complexity index is 1260. The highest BCUT2D eigenvalue weighted by atomic mass is 35.5. The van der Waals surface area contributed by atoms with Gasteiger partial charge in [-0.05, 0) is 37.0 Å². The molecule has 1 aromatic carbocycles. The molecule has 34 heavy (non-hydrogen) atoms. The van der Waals surface area contributed by atoms with Crippen molar-refractivity contribution in [3.8, 4) is 11.1 Å². The number of fused-ring (bicyclic) bond motifs is 2. The Hall–Kier alpha value is -2.84. The molecule has 3 aromatic rings. The number of ether oxygens (including phenoxy) is 1. The second-order valence-corrected chi connectivity index (χ2v) is 9.93. The Kier molecular flexibility index (Phi) is 5.37. The van der Waals surface area contributed by atoms with Crippen LogP contribution in [-0.4, -0.2) is 56.7 Å². The topological polar surface area (TPSA) is 68.4 Å². The third-order valence-corrected chi connectivity index (χ3v) is 7.63. The molecule has 3 aliphatic rings. The summed E-state index contributed by atoms with van der Waals surface area (Å²) in [6, 6.07) is 4.54. The number of carbonyl (C=O) groups excluding carboxylic acids is 1. The number of hydrogen-bond donors (Lipinski definition) is 0. The van der Waals surface area contributed by atoms with E-state index in [9.17, 15) is 4.79 Å². The molecule has 1 amide bonds. The van der Waals surface area contributed by atoms with Gasteiger partial charge in [0, 0.05) is 74.4 Å². The first-order chi connectivity index (χ1) is 16.5. The van der Waals surface area contributed by atoms with Crippen molar-refractivity contribution in [3.05, 3.63) is 46.4 Å². The van der Waals surface area contributed by atoms with Crippen LogP contribution in [0.4, 0.5) is 11.5 Å². The van der Waals surface area contributed by atoms with Crippen molar-refractivity contribution in [2.75, 3.05) is 31.2 Å². The van der Waals surface area contributed by atoms with Gasteiger partial charge in [0.15, 0.2) is 5.82 Å². The van der Waals surface area contributed by atoms with Crippen LogP contribution in [0, 0.1) is 0 Å². The zero-order valence-electron chi connectivity index (χ0n) is 19.6. The number of aryl methyl sites for hydroxylation is 2. The second-order valence-electron chi connectivity index (χ2n) is 9.52. The molecule has 1 fully saturated rings. The lowest BCUT2D eigenvalue weighted by Crippen LogP contribution is -2.35. The number of rotatable bonds is 3. The van der Waals surface area contributed by atoms with Gasteiger partial charge in [-0.2, -0.15) is 10.2 Å². The van der Waals surface area contributed by atoms with E-state index in [0.29, 0.717) is 18.2 Å². The molecule has 0 bridgehead atoms. The normalized spacial score (nSPS) is 19.9. The number of hydrogen-bond acceptors (Lipinski definition) is 5. The lowest BCUT2D eigenvalue weighted by Gasteiger charge is -2.33. The molecule has 3 aliphatic heterocycles. The molecule has 9 heteroatoms. The van der Waals surface area contributed by atoms with Crippen LogP contribution in [0.25, 0.3) is 11.1 Å². The van der Waals surface area contributed by atoms with Gasteiger partial charge in [0.1, 0.15) is 0 Å². The third-order valence-electron chi connectivity index (χ3n) is 7.32. The van der Waals surface area contributed by atoms with E-state index >= 15 is 0 Å². The number of carbonyl (C=O) groups is 1. The van der Waals surface area contributed by atoms with E-state index in [0.717, 1.165) is 73.6 Å². The van der Waals surface area contributed by atoms with Crippen LogP contribution < -0.4 is 4.90 Å². The summed E-state index contributed by atoms with van der Waals surface area (Å²) in [6.07, 6.45) is 7.67. The van der Waals surface area contributed by atoms with Crippen LogP contribution in [0.5, 0.6) is 0 Å². The Morgan fingerprint density at radius 3 is 2.85 bits per heavy atom. The maximum Gasteiger partial charge on any atom is 0.219 e. The molecule has 0 unspecified atom stereocenters. The molecule has 8 nitrogen and oxygen atoms in total. The van der Waals surface area contributed by atoms with E-state index < -0.39 is 0 Å². The summed E-state index contributed by atoms with van der Waals surface area (Å²) in [5, 5.41) is 10.2. The third kappa shape index (κ3) is 3.60.